The van der Waals surface area contributed by atoms with Crippen LogP contribution >= 0.6 is 0 Å². The van der Waals surface area contributed by atoms with Gasteiger partial charge in [0.2, 0.25) is 0 Å². The monoisotopic (exact) mass is 399 g/mol. The van der Waals surface area contributed by atoms with E-state index in [1.165, 1.54) is 51.6 Å². The molecule has 3 saturated carbocycles. The highest BCUT2D eigenvalue weighted by molar-refractivity contribution is 5.79. The Morgan fingerprint density at radius 2 is 2.07 bits per heavy atom. The Labute approximate surface area is 177 Å². The number of hydrogen-bond donors (Lipinski definition) is 2. The van der Waals surface area contributed by atoms with Gasteiger partial charge in [0.05, 0.1) is 0 Å². The minimum absolute atomic E-state index is 0.307. The molecule has 1 saturated heterocycles. The molecule has 0 spiro atoms. The van der Waals surface area contributed by atoms with E-state index in [9.17, 15) is 9.90 Å². The molecule has 8 atom stereocenters. The van der Waals surface area contributed by atoms with Crippen LogP contribution in [0.15, 0.2) is 11.6 Å². The average Bonchev–Trinajstić information content (AvgIpc) is 3.07. The van der Waals surface area contributed by atoms with E-state index in [1.54, 1.807) is 5.57 Å². The molecule has 3 heteroatoms. The summed E-state index contributed by atoms with van der Waals surface area (Å²) in [4.78, 5) is 12.3. The van der Waals surface area contributed by atoms with Gasteiger partial charge in [0.15, 0.2) is 0 Å². The van der Waals surface area contributed by atoms with Crippen LogP contribution in [0.1, 0.15) is 78.1 Å². The summed E-state index contributed by atoms with van der Waals surface area (Å²) >= 11 is 0. The van der Waals surface area contributed by atoms with Crippen molar-refractivity contribution in [2.24, 2.45) is 46.3 Å². The first kappa shape index (κ1) is 20.2. The standard InChI is InChI=1S/C26H41NO2/c1-25-10-7-20(29)15-19(25)14-17(9-13-28)24-22-6-5-21(18-4-3-12-27-16-18)26(22,2)11-8-23(24)25/h5,17-19,22-24,27-28H,3-4,6-16H2,1-2H3/t17?,18?,19?,22-,23+,24-,25-,26+/m0/s1. The van der Waals surface area contributed by atoms with Gasteiger partial charge in [0.1, 0.15) is 5.78 Å². The zero-order valence-corrected chi connectivity index (χ0v) is 18.6. The number of nitrogens with one attached hydrogen (secondary N) is 1. The van der Waals surface area contributed by atoms with Crippen LogP contribution in [0.3, 0.4) is 0 Å². The van der Waals surface area contributed by atoms with Gasteiger partial charge in [-0.15, -0.1) is 0 Å². The predicted octanol–water partition coefficient (Wildman–Crippen LogP) is 4.74. The molecule has 4 aliphatic carbocycles. The molecule has 4 fully saturated rings. The summed E-state index contributed by atoms with van der Waals surface area (Å²) in [6, 6.07) is 0. The van der Waals surface area contributed by atoms with E-state index in [0.29, 0.717) is 35.1 Å². The van der Waals surface area contributed by atoms with Crippen LogP contribution in [0, 0.1) is 46.3 Å². The molecule has 3 unspecified atom stereocenters. The quantitative estimate of drug-likeness (QED) is 0.674. The summed E-state index contributed by atoms with van der Waals surface area (Å²) < 4.78 is 0. The maximum Gasteiger partial charge on any atom is 0.133 e. The molecular formula is C26H41NO2. The number of hydrogen-bond acceptors (Lipinski definition) is 3. The highest BCUT2D eigenvalue weighted by atomic mass is 16.3. The van der Waals surface area contributed by atoms with Crippen LogP contribution in [0.5, 0.6) is 0 Å². The van der Waals surface area contributed by atoms with E-state index in [-0.39, 0.29) is 0 Å². The zero-order valence-electron chi connectivity index (χ0n) is 18.6. The average molecular weight is 400 g/mol. The second-order valence-corrected chi connectivity index (χ2v) is 11.6. The van der Waals surface area contributed by atoms with Crippen molar-refractivity contribution in [3.05, 3.63) is 11.6 Å². The van der Waals surface area contributed by atoms with Crippen molar-refractivity contribution < 1.29 is 9.90 Å². The summed E-state index contributed by atoms with van der Waals surface area (Å²) in [5, 5.41) is 13.5. The third-order valence-corrected chi connectivity index (χ3v) is 10.5. The molecule has 1 heterocycles. The minimum Gasteiger partial charge on any atom is -0.396 e. The van der Waals surface area contributed by atoms with Crippen molar-refractivity contribution in [2.45, 2.75) is 78.1 Å². The summed E-state index contributed by atoms with van der Waals surface area (Å²) in [5.74, 6) is 4.64. The van der Waals surface area contributed by atoms with Gasteiger partial charge in [-0.05, 0) is 104 Å². The van der Waals surface area contributed by atoms with Crippen LogP contribution < -0.4 is 5.32 Å². The zero-order chi connectivity index (χ0) is 20.2. The summed E-state index contributed by atoms with van der Waals surface area (Å²) in [5.41, 5.74) is 2.50. The van der Waals surface area contributed by atoms with Crippen molar-refractivity contribution >= 4 is 5.78 Å². The van der Waals surface area contributed by atoms with Crippen LogP contribution in [0.2, 0.25) is 0 Å². The van der Waals surface area contributed by atoms with Gasteiger partial charge in [-0.2, -0.15) is 0 Å². The number of carbonyl (C=O) groups is 1. The fraction of sp³-hybridized carbons (Fsp3) is 0.885. The number of Topliss-reactive ketones (excluding diaryl/α,β-unsaturated/α-hetero) is 1. The van der Waals surface area contributed by atoms with Gasteiger partial charge in [-0.3, -0.25) is 4.79 Å². The Balaban J connectivity index is 1.45. The summed E-state index contributed by atoms with van der Waals surface area (Å²) in [6.07, 6.45) is 14.1. The number of ketones is 1. The number of allylic oxidation sites excluding steroid dienone is 1. The number of aliphatic hydroxyl groups is 1. The van der Waals surface area contributed by atoms with E-state index in [2.05, 4.69) is 25.2 Å². The second-order valence-electron chi connectivity index (χ2n) is 11.6. The second kappa shape index (κ2) is 7.48. The summed E-state index contributed by atoms with van der Waals surface area (Å²) in [6.45, 7) is 7.79. The van der Waals surface area contributed by atoms with Crippen LogP contribution in [0.25, 0.3) is 0 Å². The van der Waals surface area contributed by atoms with Crippen molar-refractivity contribution in [1.82, 2.24) is 5.32 Å². The SMILES string of the molecule is C[C@]12CCC(=O)CC1CC(CCO)[C@@H]1[C@H]2CC[C@]2(C)C(C3CCCNC3)=CC[C@@H]12. The Hall–Kier alpha value is -0.670. The number of fused-ring (bicyclic) bond motifs is 5. The van der Waals surface area contributed by atoms with Crippen LogP contribution in [-0.4, -0.2) is 30.6 Å². The first-order valence-electron chi connectivity index (χ1n) is 12.5. The molecule has 162 valence electrons. The molecule has 0 amide bonds. The molecule has 0 radical (unpaired) electrons. The number of rotatable bonds is 3. The lowest BCUT2D eigenvalue weighted by Gasteiger charge is -2.63. The predicted molar refractivity (Wildman–Crippen MR) is 116 cm³/mol. The maximum atomic E-state index is 12.3. The molecule has 5 rings (SSSR count). The molecule has 5 aliphatic rings. The maximum absolute atomic E-state index is 12.3. The van der Waals surface area contributed by atoms with E-state index in [1.807, 2.05) is 0 Å². The molecule has 0 aromatic heterocycles. The largest absolute Gasteiger partial charge is 0.396 e. The lowest BCUT2D eigenvalue weighted by atomic mass is 9.42. The first-order chi connectivity index (χ1) is 14.0. The van der Waals surface area contributed by atoms with Gasteiger partial charge in [-0.1, -0.05) is 25.5 Å². The van der Waals surface area contributed by atoms with E-state index < -0.39 is 0 Å². The first-order valence-corrected chi connectivity index (χ1v) is 12.5. The Morgan fingerprint density at radius 1 is 1.21 bits per heavy atom. The molecule has 0 bridgehead atoms. The van der Waals surface area contributed by atoms with Gasteiger partial charge in [-0.25, -0.2) is 0 Å². The van der Waals surface area contributed by atoms with Gasteiger partial charge >= 0.3 is 0 Å². The van der Waals surface area contributed by atoms with Crippen LogP contribution in [0.4, 0.5) is 0 Å². The van der Waals surface area contributed by atoms with E-state index >= 15 is 0 Å². The molecule has 1 aliphatic heterocycles. The minimum atomic E-state index is 0.307. The van der Waals surface area contributed by atoms with Crippen molar-refractivity contribution in [3.63, 3.8) is 0 Å². The van der Waals surface area contributed by atoms with E-state index in [0.717, 1.165) is 49.4 Å². The number of carbonyl (C=O) groups excluding carboxylic acids is 1. The van der Waals surface area contributed by atoms with Crippen LogP contribution in [-0.2, 0) is 4.79 Å². The molecule has 3 nitrogen and oxygen atoms in total. The van der Waals surface area contributed by atoms with E-state index in [4.69, 9.17) is 0 Å². The van der Waals surface area contributed by atoms with Gasteiger partial charge < -0.3 is 10.4 Å². The van der Waals surface area contributed by atoms with Gasteiger partial charge in [0.25, 0.3) is 0 Å². The normalized spacial score (nSPS) is 49.8. The van der Waals surface area contributed by atoms with Crippen molar-refractivity contribution in [3.8, 4) is 0 Å². The lowest BCUT2D eigenvalue weighted by Crippen LogP contribution is -2.56. The molecule has 2 N–H and O–H groups in total. The topological polar surface area (TPSA) is 49.3 Å². The fourth-order valence-corrected chi connectivity index (χ4v) is 9.04. The molecule has 0 aromatic carbocycles. The van der Waals surface area contributed by atoms with Crippen molar-refractivity contribution in [1.29, 1.82) is 0 Å². The highest BCUT2D eigenvalue weighted by Gasteiger charge is 2.61. The van der Waals surface area contributed by atoms with Gasteiger partial charge in [0, 0.05) is 26.0 Å². The third-order valence-electron chi connectivity index (χ3n) is 10.5. The number of piperidine rings is 1. The summed E-state index contributed by atoms with van der Waals surface area (Å²) in [7, 11) is 0. The fourth-order valence-electron chi connectivity index (χ4n) is 9.04. The lowest BCUT2D eigenvalue weighted by molar-refractivity contribution is -0.148. The third kappa shape index (κ3) is 3.09. The molecule has 29 heavy (non-hydrogen) atoms. The Bertz CT molecular complexity index is 680. The Morgan fingerprint density at radius 3 is 2.83 bits per heavy atom. The van der Waals surface area contributed by atoms with Crippen molar-refractivity contribution in [2.75, 3.05) is 19.7 Å². The Kier molecular flexibility index (Phi) is 5.22. The number of aliphatic hydroxyl groups excluding tert-OH is 1. The molecular weight excluding hydrogens is 358 g/mol. The highest BCUT2D eigenvalue weighted by Crippen LogP contribution is 2.68. The smallest absolute Gasteiger partial charge is 0.133 e. The molecule has 0 aromatic rings.